The third kappa shape index (κ3) is 16.0. The van der Waals surface area contributed by atoms with Crippen LogP contribution >= 0.6 is 35.3 Å². The van der Waals surface area contributed by atoms with Crippen LogP contribution in [-0.4, -0.2) is 111 Å². The highest BCUT2D eigenvalue weighted by Crippen LogP contribution is 2.39. The number of non-ortho nitro benzene ring substituents is 3. The van der Waals surface area contributed by atoms with Gasteiger partial charge in [-0.25, -0.2) is 14.4 Å². The number of aliphatic carboxylic acids is 3. The highest BCUT2D eigenvalue weighted by molar-refractivity contribution is 7.99. The van der Waals surface area contributed by atoms with Crippen molar-refractivity contribution in [1.82, 2.24) is 36.2 Å². The second-order valence-corrected chi connectivity index (χ2v) is 24.3. The number of benzene rings is 6. The lowest BCUT2D eigenvalue weighted by Gasteiger charge is -2.34. The van der Waals surface area contributed by atoms with E-state index in [1.165, 1.54) is 78.7 Å². The number of aromatic amines is 3. The predicted octanol–water partition coefficient (Wildman–Crippen LogP) is 10.3. The number of carboxylic acid groups (broad SMARTS) is 3. The summed E-state index contributed by atoms with van der Waals surface area (Å²) in [6.45, 7) is 0. The molecular formula is C62H58N10O15S3. The van der Waals surface area contributed by atoms with Gasteiger partial charge in [-0.3, -0.25) is 44.7 Å². The molecule has 3 atom stereocenters. The Labute approximate surface area is 524 Å². The van der Waals surface area contributed by atoms with Gasteiger partial charge in [0.2, 0.25) is 17.7 Å². The fourth-order valence-electron chi connectivity index (χ4n) is 10.5. The first kappa shape index (κ1) is 64.4. The summed E-state index contributed by atoms with van der Waals surface area (Å²) >= 11 is 3.66. The smallest absolute Gasteiger partial charge is 0.326 e. The minimum atomic E-state index is -1.48. The van der Waals surface area contributed by atoms with Crippen LogP contribution in [0.5, 0.6) is 0 Å². The van der Waals surface area contributed by atoms with E-state index in [1.54, 1.807) is 109 Å². The van der Waals surface area contributed by atoms with Crippen LogP contribution in [0.1, 0.15) is 55.2 Å². The molecule has 10 N–H and O–H groups in total. The van der Waals surface area contributed by atoms with Gasteiger partial charge < -0.3 is 51.5 Å². The number of nitrogens with one attached hydrogen (secondary N) is 7. The summed E-state index contributed by atoms with van der Waals surface area (Å²) < 4.78 is 0. The van der Waals surface area contributed by atoms with Crippen molar-refractivity contribution in [3.63, 3.8) is 0 Å². The van der Waals surface area contributed by atoms with E-state index < -0.39 is 74.1 Å². The van der Waals surface area contributed by atoms with E-state index in [0.29, 0.717) is 79.2 Å². The molecule has 3 amide bonds. The van der Waals surface area contributed by atoms with Gasteiger partial charge in [0.05, 0.1) is 29.8 Å². The third-order valence-electron chi connectivity index (χ3n) is 15.3. The molecule has 0 bridgehead atoms. The zero-order valence-electron chi connectivity index (χ0n) is 47.8. The van der Waals surface area contributed by atoms with Gasteiger partial charge in [-0.1, -0.05) is 89.9 Å². The molecule has 0 radical (unpaired) electrons. The van der Waals surface area contributed by atoms with Gasteiger partial charge in [0, 0.05) is 128 Å². The monoisotopic (exact) mass is 1280 g/mol. The van der Waals surface area contributed by atoms with Crippen molar-refractivity contribution in [2.45, 2.75) is 111 Å². The number of nitrogens with zero attached hydrogens (tertiary/aromatic N) is 3. The Bertz CT molecular complexity index is 3770. The Balaban J connectivity index is 0.934. The summed E-state index contributed by atoms with van der Waals surface area (Å²) in [7, 11) is 1.54. The Morgan fingerprint density at radius 2 is 0.689 bits per heavy atom. The summed E-state index contributed by atoms with van der Waals surface area (Å²) in [5.74, 6) is -6.20. The minimum absolute atomic E-state index is 0.113. The summed E-state index contributed by atoms with van der Waals surface area (Å²) in [5, 5.41) is 80.6. The first-order valence-corrected chi connectivity index (χ1v) is 30.4. The molecule has 9 rings (SSSR count). The topological polar surface area (TPSA) is 388 Å². The standard InChI is InChI=1S/C62H58N10O15S3/c1-63-62(29-26-53(73)64-50(59(76)77)32-44-41-8-2-5-11-47(41)67-56(44)88-38-20-14-35(15-21-38)70(82)83,30-27-54(74)65-51(60(78)79)33-45-42-9-3-6-12-48(42)68-57(45)89-39-22-16-36(17-23-39)71(84)85)31-28-55(75)66-52(61(80)81)34-46-43-10-4-7-13-49(43)69-58(46)90-40-24-18-37(19-25-40)72(86)87/h2-25,50-52,63,67-69H,26-34H2,1H3,(H,64,73)(H,65,74)(H,66,75)(H,76,77)(H,78,79)(H,80,81)/t50-,51?,52?,62?/m0/s1. The van der Waals surface area contributed by atoms with Crippen LogP contribution in [-0.2, 0) is 48.0 Å². The highest BCUT2D eigenvalue weighted by atomic mass is 32.2. The van der Waals surface area contributed by atoms with Crippen molar-refractivity contribution in [1.29, 1.82) is 0 Å². The normalized spacial score (nSPS) is 13.0. The van der Waals surface area contributed by atoms with Crippen molar-refractivity contribution in [2.24, 2.45) is 0 Å². The van der Waals surface area contributed by atoms with Gasteiger partial charge >= 0.3 is 17.9 Å². The number of hydrogen-bond donors (Lipinski definition) is 10. The number of rotatable bonds is 31. The number of nitro groups is 3. The SMILES string of the molecule is CNC(CCC(=O)NC(Cc1c(Sc2ccc([N+](=O)[O-])cc2)[nH]c2ccccc12)C(=O)O)(CCC(=O)NC(Cc1c(Sc2ccc([N+](=O)[O-])cc2)[nH]c2ccccc12)C(=O)O)CCC(=O)N[C@@H](Cc1c(Sc2ccc([N+](=O)[O-])cc2)[nH]c2ccccc12)C(=O)O. The number of para-hydroxylation sites is 3. The Morgan fingerprint density at radius 3 is 0.922 bits per heavy atom. The Morgan fingerprint density at radius 1 is 0.433 bits per heavy atom. The lowest BCUT2D eigenvalue weighted by molar-refractivity contribution is -0.385. The summed E-state index contributed by atoms with van der Waals surface area (Å²) in [6, 6.07) is 34.5. The van der Waals surface area contributed by atoms with Gasteiger partial charge in [-0.15, -0.1) is 0 Å². The van der Waals surface area contributed by atoms with Gasteiger partial charge in [0.1, 0.15) is 18.1 Å². The second kappa shape index (κ2) is 28.9. The number of amides is 3. The maximum Gasteiger partial charge on any atom is 0.326 e. The van der Waals surface area contributed by atoms with Crippen LogP contribution in [0.25, 0.3) is 32.7 Å². The first-order valence-electron chi connectivity index (χ1n) is 28.0. The number of aromatic nitrogens is 3. The fraction of sp³-hybridized carbons (Fsp3) is 0.226. The molecule has 0 fully saturated rings. The maximum absolute atomic E-state index is 14.1. The average molecular weight is 1280 g/mol. The van der Waals surface area contributed by atoms with E-state index in [-0.39, 0.29) is 74.8 Å². The van der Waals surface area contributed by atoms with Crippen LogP contribution in [0.4, 0.5) is 17.1 Å². The number of fused-ring (bicyclic) bond motifs is 3. The molecule has 3 heterocycles. The van der Waals surface area contributed by atoms with Crippen LogP contribution in [0.2, 0.25) is 0 Å². The molecule has 464 valence electrons. The molecule has 0 aliphatic carbocycles. The van der Waals surface area contributed by atoms with Crippen LogP contribution in [0, 0.1) is 30.3 Å². The molecule has 2 unspecified atom stereocenters. The van der Waals surface area contributed by atoms with E-state index in [9.17, 15) is 74.4 Å². The first-order chi connectivity index (χ1) is 43.2. The molecule has 0 aliphatic heterocycles. The molecule has 0 saturated carbocycles. The highest BCUT2D eigenvalue weighted by Gasteiger charge is 2.34. The fourth-order valence-corrected chi connectivity index (χ4v) is 13.4. The molecule has 28 heteroatoms. The summed E-state index contributed by atoms with van der Waals surface area (Å²) in [6.07, 6.45) is -1.99. The van der Waals surface area contributed by atoms with E-state index in [2.05, 4.69) is 36.2 Å². The second-order valence-electron chi connectivity index (χ2n) is 21.0. The molecular weight excluding hydrogens is 1220 g/mol. The average Bonchev–Trinajstić information content (AvgIpc) is 1.88. The summed E-state index contributed by atoms with van der Waals surface area (Å²) in [5.41, 5.74) is 2.04. The van der Waals surface area contributed by atoms with E-state index in [1.807, 2.05) is 0 Å². The van der Waals surface area contributed by atoms with Crippen molar-refractivity contribution >= 4 is 121 Å². The molecule has 0 saturated heterocycles. The van der Waals surface area contributed by atoms with E-state index in [4.69, 9.17) is 0 Å². The number of carbonyl (C=O) groups excluding carboxylic acids is 3. The maximum atomic E-state index is 14.1. The molecule has 6 aromatic carbocycles. The molecule has 25 nitrogen and oxygen atoms in total. The zero-order valence-corrected chi connectivity index (χ0v) is 50.2. The van der Waals surface area contributed by atoms with Crippen LogP contribution in [0.3, 0.4) is 0 Å². The van der Waals surface area contributed by atoms with Gasteiger partial charge in [0.15, 0.2) is 0 Å². The predicted molar refractivity (Wildman–Crippen MR) is 336 cm³/mol. The molecule has 0 spiro atoms. The number of hydrogen-bond acceptors (Lipinski definition) is 16. The van der Waals surface area contributed by atoms with E-state index in [0.717, 1.165) is 0 Å². The van der Waals surface area contributed by atoms with E-state index >= 15 is 0 Å². The molecule has 90 heavy (non-hydrogen) atoms. The lowest BCUT2D eigenvalue weighted by Crippen LogP contribution is -2.49. The number of carbonyl (C=O) groups is 6. The largest absolute Gasteiger partial charge is 0.480 e. The van der Waals surface area contributed by atoms with Crippen molar-refractivity contribution < 1.29 is 58.9 Å². The molecule has 3 aromatic heterocycles. The zero-order chi connectivity index (χ0) is 64.2. The lowest BCUT2D eigenvalue weighted by atomic mass is 9.83. The number of H-pyrrole nitrogens is 3. The van der Waals surface area contributed by atoms with Crippen molar-refractivity contribution in [3.05, 3.63) is 193 Å². The van der Waals surface area contributed by atoms with Crippen LogP contribution < -0.4 is 21.3 Å². The van der Waals surface area contributed by atoms with Crippen molar-refractivity contribution in [2.75, 3.05) is 7.05 Å². The van der Waals surface area contributed by atoms with Crippen molar-refractivity contribution in [3.8, 4) is 0 Å². The Kier molecular flexibility index (Phi) is 20.7. The van der Waals surface area contributed by atoms with Gasteiger partial charge in [-0.2, -0.15) is 0 Å². The van der Waals surface area contributed by atoms with Gasteiger partial charge in [0.25, 0.3) is 17.1 Å². The quantitative estimate of drug-likeness (QED) is 0.0143. The Hall–Kier alpha value is -10.0. The third-order valence-corrected chi connectivity index (χ3v) is 18.5. The number of nitro benzene ring substituents is 3. The minimum Gasteiger partial charge on any atom is -0.480 e. The molecule has 9 aromatic rings. The van der Waals surface area contributed by atoms with Crippen LogP contribution in [0.15, 0.2) is 175 Å². The van der Waals surface area contributed by atoms with Gasteiger partial charge in [-0.05, 0) is 97.6 Å². The molecule has 0 aliphatic rings. The summed E-state index contributed by atoms with van der Waals surface area (Å²) in [4.78, 5) is 126. The number of carboxylic acids is 3.